The number of ether oxygens (including phenoxy) is 3. The van der Waals surface area contributed by atoms with Gasteiger partial charge in [0.05, 0.1) is 30.3 Å². The number of unbranched alkanes of at least 4 members (excludes halogenated alkanes) is 1. The quantitative estimate of drug-likeness (QED) is 0.0823. The van der Waals surface area contributed by atoms with Crippen molar-refractivity contribution in [1.82, 2.24) is 4.98 Å². The molecule has 0 saturated heterocycles. The van der Waals surface area contributed by atoms with Crippen LogP contribution in [0.15, 0.2) is 96.2 Å². The van der Waals surface area contributed by atoms with Crippen LogP contribution in [0.1, 0.15) is 55.4 Å². The smallest absolute Gasteiger partial charge is 0.160 e. The number of ketones is 1. The van der Waals surface area contributed by atoms with E-state index in [9.17, 15) is 9.00 Å². The molecule has 0 radical (unpaired) electrons. The van der Waals surface area contributed by atoms with Crippen molar-refractivity contribution in [3.05, 3.63) is 114 Å². The third-order valence-corrected chi connectivity index (χ3v) is 8.75. The van der Waals surface area contributed by atoms with Crippen LogP contribution in [0.3, 0.4) is 0 Å². The Morgan fingerprint density at radius 2 is 1.64 bits per heavy atom. The molecule has 0 amide bonds. The summed E-state index contributed by atoms with van der Waals surface area (Å²) in [5.74, 6) is 1.88. The number of rotatable bonds is 18. The molecule has 3 aromatic carbocycles. The first kappa shape index (κ1) is 33.8. The van der Waals surface area contributed by atoms with E-state index in [0.29, 0.717) is 24.7 Å². The van der Waals surface area contributed by atoms with Gasteiger partial charge in [-0.2, -0.15) is 0 Å². The van der Waals surface area contributed by atoms with Crippen LogP contribution in [0.5, 0.6) is 11.5 Å². The fraction of sp³-hybridized carbons (Fsp3) is 0.316. The summed E-state index contributed by atoms with van der Waals surface area (Å²) in [5.41, 5.74) is 5.94. The van der Waals surface area contributed by atoms with E-state index < -0.39 is 10.8 Å². The van der Waals surface area contributed by atoms with E-state index in [1.54, 1.807) is 25.5 Å². The SMILES string of the molecule is CCCCOCCOc1ccc(-c2ccc(OC)c(/C=C/C(=O)Cc3ccc([S@](=O)Cc4cnccc4CCC)cc3)c2)cc1. The van der Waals surface area contributed by atoms with Gasteiger partial charge in [0, 0.05) is 35.9 Å². The van der Waals surface area contributed by atoms with Gasteiger partial charge in [0.25, 0.3) is 0 Å². The number of allylic oxidation sites excluding steroid dienone is 1. The number of methoxy groups -OCH3 is 1. The highest BCUT2D eigenvalue weighted by molar-refractivity contribution is 7.84. The number of carbonyl (C=O) groups is 1. The van der Waals surface area contributed by atoms with Crippen molar-refractivity contribution in [3.63, 3.8) is 0 Å². The Kier molecular flexibility index (Phi) is 13.6. The topological polar surface area (TPSA) is 74.7 Å². The van der Waals surface area contributed by atoms with Crippen molar-refractivity contribution >= 4 is 22.7 Å². The fourth-order valence-corrected chi connectivity index (χ4v) is 6.03. The monoisotopic (exact) mass is 625 g/mol. The van der Waals surface area contributed by atoms with Gasteiger partial charge < -0.3 is 14.2 Å². The molecular weight excluding hydrogens is 582 g/mol. The van der Waals surface area contributed by atoms with Crippen LogP contribution in [0.2, 0.25) is 0 Å². The van der Waals surface area contributed by atoms with E-state index in [4.69, 9.17) is 14.2 Å². The Morgan fingerprint density at radius 1 is 0.867 bits per heavy atom. The molecule has 0 unspecified atom stereocenters. The van der Waals surface area contributed by atoms with Crippen molar-refractivity contribution in [2.24, 2.45) is 0 Å². The van der Waals surface area contributed by atoms with Gasteiger partial charge in [-0.15, -0.1) is 0 Å². The number of hydrogen-bond acceptors (Lipinski definition) is 6. The van der Waals surface area contributed by atoms with Gasteiger partial charge >= 0.3 is 0 Å². The van der Waals surface area contributed by atoms with Crippen molar-refractivity contribution < 1.29 is 23.2 Å². The highest BCUT2D eigenvalue weighted by Crippen LogP contribution is 2.29. The van der Waals surface area contributed by atoms with E-state index in [0.717, 1.165) is 70.8 Å². The van der Waals surface area contributed by atoms with Crippen molar-refractivity contribution in [2.45, 2.75) is 56.6 Å². The summed E-state index contributed by atoms with van der Waals surface area (Å²) in [5, 5.41) is 0. The van der Waals surface area contributed by atoms with E-state index >= 15 is 0 Å². The Bertz CT molecular complexity index is 1560. The van der Waals surface area contributed by atoms with Crippen LogP contribution in [-0.2, 0) is 38.9 Å². The molecule has 0 N–H and O–H groups in total. The highest BCUT2D eigenvalue weighted by Gasteiger charge is 2.11. The Labute approximate surface area is 269 Å². The molecule has 0 aliphatic heterocycles. The van der Waals surface area contributed by atoms with Crippen molar-refractivity contribution in [3.8, 4) is 22.6 Å². The molecule has 1 aromatic heterocycles. The molecule has 0 fully saturated rings. The predicted octanol–water partition coefficient (Wildman–Crippen LogP) is 8.04. The van der Waals surface area contributed by atoms with E-state index in [-0.39, 0.29) is 12.2 Å². The summed E-state index contributed by atoms with van der Waals surface area (Å²) >= 11 is 0. The molecule has 6 nitrogen and oxygen atoms in total. The lowest BCUT2D eigenvalue weighted by Crippen LogP contribution is -2.07. The molecule has 0 saturated carbocycles. The number of aryl methyl sites for hydroxylation is 1. The summed E-state index contributed by atoms with van der Waals surface area (Å²) in [4.78, 5) is 17.8. The van der Waals surface area contributed by atoms with Crippen LogP contribution in [0.25, 0.3) is 17.2 Å². The molecule has 4 rings (SSSR count). The van der Waals surface area contributed by atoms with Crippen LogP contribution in [0.4, 0.5) is 0 Å². The second-order valence-electron chi connectivity index (χ2n) is 10.8. The minimum Gasteiger partial charge on any atom is -0.496 e. The number of carbonyl (C=O) groups excluding carboxylic acids is 1. The second-order valence-corrected chi connectivity index (χ2v) is 12.3. The van der Waals surface area contributed by atoms with Crippen LogP contribution < -0.4 is 9.47 Å². The zero-order chi connectivity index (χ0) is 31.9. The number of hydrogen-bond donors (Lipinski definition) is 0. The number of aromatic nitrogens is 1. The fourth-order valence-electron chi connectivity index (χ4n) is 4.88. The van der Waals surface area contributed by atoms with Crippen LogP contribution in [-0.4, -0.2) is 41.9 Å². The first-order chi connectivity index (χ1) is 22.0. The third kappa shape index (κ3) is 10.5. The van der Waals surface area contributed by atoms with Crippen LogP contribution >= 0.6 is 0 Å². The van der Waals surface area contributed by atoms with Gasteiger partial charge in [-0.25, -0.2) is 0 Å². The number of pyridine rings is 1. The largest absolute Gasteiger partial charge is 0.496 e. The summed E-state index contributed by atoms with van der Waals surface area (Å²) < 4.78 is 29.9. The maximum atomic E-state index is 13.0. The average Bonchev–Trinajstić information content (AvgIpc) is 3.07. The lowest BCUT2D eigenvalue weighted by Gasteiger charge is -2.10. The second kappa shape index (κ2) is 18.0. The maximum absolute atomic E-state index is 13.0. The first-order valence-electron chi connectivity index (χ1n) is 15.6. The zero-order valence-electron chi connectivity index (χ0n) is 26.5. The summed E-state index contributed by atoms with van der Waals surface area (Å²) in [6, 6.07) is 23.3. The Hall–Kier alpha value is -4.07. The minimum atomic E-state index is -1.19. The molecule has 0 spiro atoms. The van der Waals surface area contributed by atoms with Gasteiger partial charge in [-0.3, -0.25) is 14.0 Å². The minimum absolute atomic E-state index is 0.0314. The molecule has 236 valence electrons. The summed E-state index contributed by atoms with van der Waals surface area (Å²) in [6.07, 6.45) is 11.4. The number of nitrogens with zero attached hydrogens (tertiary/aromatic N) is 1. The highest BCUT2D eigenvalue weighted by atomic mass is 32.2. The summed E-state index contributed by atoms with van der Waals surface area (Å²) in [7, 11) is 0.432. The molecule has 7 heteroatoms. The van der Waals surface area contributed by atoms with Gasteiger partial charge in [-0.1, -0.05) is 57.0 Å². The summed E-state index contributed by atoms with van der Waals surface area (Å²) in [6.45, 7) is 6.14. The van der Waals surface area contributed by atoms with Gasteiger partial charge in [0.2, 0.25) is 0 Å². The number of benzene rings is 3. The lowest BCUT2D eigenvalue weighted by molar-refractivity contribution is -0.113. The standard InChI is InChI=1S/C38H43NO5S/c1-4-6-22-43-23-24-44-36-15-11-31(12-16-36)32-13-19-38(42-3)33(26-32)10-14-35(40)25-29-8-17-37(18-9-29)45(41)28-34-27-39-21-20-30(34)7-5-2/h8-21,26-27H,4-7,22-25,28H2,1-3H3/b14-10+/t45-/m1/s1. The average molecular weight is 626 g/mol. The Balaban J connectivity index is 1.34. The molecule has 4 aromatic rings. The Morgan fingerprint density at radius 3 is 2.38 bits per heavy atom. The van der Waals surface area contributed by atoms with E-state index in [1.165, 1.54) is 5.56 Å². The molecular formula is C38H43NO5S. The molecule has 0 aliphatic carbocycles. The third-order valence-electron chi connectivity index (χ3n) is 7.38. The maximum Gasteiger partial charge on any atom is 0.160 e. The first-order valence-corrected chi connectivity index (χ1v) is 16.9. The molecule has 1 heterocycles. The van der Waals surface area contributed by atoms with Crippen molar-refractivity contribution in [2.75, 3.05) is 26.9 Å². The van der Waals surface area contributed by atoms with Crippen molar-refractivity contribution in [1.29, 1.82) is 0 Å². The van der Waals surface area contributed by atoms with Gasteiger partial charge in [0.1, 0.15) is 18.1 Å². The van der Waals surface area contributed by atoms with Gasteiger partial charge in [-0.05, 0) is 95.3 Å². The van der Waals surface area contributed by atoms with Crippen LogP contribution in [0, 0.1) is 0 Å². The van der Waals surface area contributed by atoms with E-state index in [1.807, 2.05) is 79.0 Å². The van der Waals surface area contributed by atoms with E-state index in [2.05, 4.69) is 18.8 Å². The molecule has 1 atom stereocenters. The zero-order valence-corrected chi connectivity index (χ0v) is 27.3. The van der Waals surface area contributed by atoms with Gasteiger partial charge in [0.15, 0.2) is 5.78 Å². The predicted molar refractivity (Wildman–Crippen MR) is 182 cm³/mol. The molecule has 45 heavy (non-hydrogen) atoms. The molecule has 0 bridgehead atoms. The lowest BCUT2D eigenvalue weighted by atomic mass is 10.0. The molecule has 0 aliphatic rings. The normalized spacial score (nSPS) is 11.9.